The molecule has 0 saturated heterocycles. The van der Waals surface area contributed by atoms with Crippen molar-refractivity contribution in [1.29, 1.82) is 0 Å². The molecule has 23 heavy (non-hydrogen) atoms. The Hall–Kier alpha value is -1.59. The molecule has 0 bridgehead atoms. The monoisotopic (exact) mass is 319 g/mol. The Kier molecular flexibility index (Phi) is 6.86. The maximum atomic E-state index is 11.8. The summed E-state index contributed by atoms with van der Waals surface area (Å²) in [6, 6.07) is 8.45. The van der Waals surface area contributed by atoms with E-state index in [4.69, 9.17) is 5.11 Å². The number of aliphatic hydroxyl groups is 1. The third-order valence-electron chi connectivity index (χ3n) is 4.65. The minimum Gasteiger partial charge on any atom is -0.396 e. The summed E-state index contributed by atoms with van der Waals surface area (Å²) in [5.74, 6) is 0.0640. The zero-order valence-electron chi connectivity index (χ0n) is 14.2. The van der Waals surface area contributed by atoms with Gasteiger partial charge in [0.15, 0.2) is 0 Å². The molecule has 0 spiro atoms. The SMILES string of the molecule is CC(CO)C(C)NC(=O)NCCCN1CCc2ccccc2C1. The van der Waals surface area contributed by atoms with Crippen LogP contribution in [0.1, 0.15) is 31.4 Å². The molecule has 1 heterocycles. The lowest BCUT2D eigenvalue weighted by molar-refractivity contribution is 0.200. The molecule has 128 valence electrons. The Morgan fingerprint density at radius 1 is 1.30 bits per heavy atom. The number of carbonyl (C=O) groups excluding carboxylic acids is 1. The van der Waals surface area contributed by atoms with E-state index in [1.165, 1.54) is 11.1 Å². The van der Waals surface area contributed by atoms with E-state index in [-0.39, 0.29) is 24.6 Å². The molecular formula is C18H29N3O2. The van der Waals surface area contributed by atoms with E-state index in [2.05, 4.69) is 39.8 Å². The van der Waals surface area contributed by atoms with Gasteiger partial charge in [0.1, 0.15) is 0 Å². The van der Waals surface area contributed by atoms with Gasteiger partial charge < -0.3 is 15.7 Å². The summed E-state index contributed by atoms with van der Waals surface area (Å²) in [6.07, 6.45) is 2.06. The Labute approximate surface area is 139 Å². The first-order chi connectivity index (χ1) is 11.1. The van der Waals surface area contributed by atoms with Gasteiger partial charge in [-0.1, -0.05) is 31.2 Å². The van der Waals surface area contributed by atoms with E-state index >= 15 is 0 Å². The lowest BCUT2D eigenvalue weighted by Gasteiger charge is -2.28. The van der Waals surface area contributed by atoms with Crippen molar-refractivity contribution in [2.24, 2.45) is 5.92 Å². The Morgan fingerprint density at radius 3 is 2.78 bits per heavy atom. The van der Waals surface area contributed by atoms with Crippen molar-refractivity contribution >= 4 is 6.03 Å². The van der Waals surface area contributed by atoms with E-state index in [1.54, 1.807) is 0 Å². The average molecular weight is 319 g/mol. The van der Waals surface area contributed by atoms with Crippen molar-refractivity contribution in [3.05, 3.63) is 35.4 Å². The van der Waals surface area contributed by atoms with Crippen LogP contribution in [-0.4, -0.2) is 48.3 Å². The molecule has 2 atom stereocenters. The molecule has 0 fully saturated rings. The topological polar surface area (TPSA) is 64.6 Å². The van der Waals surface area contributed by atoms with Crippen molar-refractivity contribution in [2.45, 2.75) is 39.3 Å². The number of rotatable bonds is 7. The first-order valence-electron chi connectivity index (χ1n) is 8.54. The fourth-order valence-corrected chi connectivity index (χ4v) is 2.81. The number of hydrogen-bond acceptors (Lipinski definition) is 3. The molecule has 2 amide bonds. The standard InChI is InChI=1S/C18H29N3O2/c1-14(13-22)15(2)20-18(23)19-9-5-10-21-11-8-16-6-3-4-7-17(16)12-21/h3-4,6-7,14-15,22H,5,8-13H2,1-2H3,(H2,19,20,23). The molecule has 1 aliphatic rings. The van der Waals surface area contributed by atoms with Crippen molar-refractivity contribution < 1.29 is 9.90 Å². The number of fused-ring (bicyclic) bond motifs is 1. The van der Waals surface area contributed by atoms with Crippen molar-refractivity contribution in [3.63, 3.8) is 0 Å². The van der Waals surface area contributed by atoms with Crippen LogP contribution in [0.25, 0.3) is 0 Å². The van der Waals surface area contributed by atoms with Crippen molar-refractivity contribution in [1.82, 2.24) is 15.5 Å². The van der Waals surface area contributed by atoms with Crippen molar-refractivity contribution in [3.8, 4) is 0 Å². The number of carbonyl (C=O) groups is 1. The van der Waals surface area contributed by atoms with Crippen LogP contribution in [0, 0.1) is 5.92 Å². The van der Waals surface area contributed by atoms with Crippen LogP contribution in [0.5, 0.6) is 0 Å². The summed E-state index contributed by atoms with van der Waals surface area (Å²) in [4.78, 5) is 14.2. The molecular weight excluding hydrogens is 290 g/mol. The minimum atomic E-state index is -0.151. The largest absolute Gasteiger partial charge is 0.396 e. The third kappa shape index (κ3) is 5.52. The number of amides is 2. The smallest absolute Gasteiger partial charge is 0.315 e. The van der Waals surface area contributed by atoms with E-state index in [1.807, 2.05) is 13.8 Å². The van der Waals surface area contributed by atoms with Gasteiger partial charge in [0.05, 0.1) is 0 Å². The molecule has 1 aromatic rings. The summed E-state index contributed by atoms with van der Waals surface area (Å²) in [5, 5.41) is 14.8. The van der Waals surface area contributed by atoms with Gasteiger partial charge in [-0.2, -0.15) is 0 Å². The van der Waals surface area contributed by atoms with Gasteiger partial charge in [-0.05, 0) is 36.8 Å². The summed E-state index contributed by atoms with van der Waals surface area (Å²) in [7, 11) is 0. The second-order valence-electron chi connectivity index (χ2n) is 6.50. The van der Waals surface area contributed by atoms with E-state index in [9.17, 15) is 4.79 Å². The summed E-state index contributed by atoms with van der Waals surface area (Å²) in [5.41, 5.74) is 2.89. The summed E-state index contributed by atoms with van der Waals surface area (Å²) >= 11 is 0. The molecule has 2 unspecified atom stereocenters. The van der Waals surface area contributed by atoms with Crippen LogP contribution in [0.15, 0.2) is 24.3 Å². The van der Waals surface area contributed by atoms with Gasteiger partial charge in [-0.15, -0.1) is 0 Å². The molecule has 1 aliphatic heterocycles. The molecule has 0 radical (unpaired) electrons. The lowest BCUT2D eigenvalue weighted by Crippen LogP contribution is -2.44. The molecule has 3 N–H and O–H groups in total. The minimum absolute atomic E-state index is 0.0291. The average Bonchev–Trinajstić information content (AvgIpc) is 2.57. The number of aliphatic hydroxyl groups excluding tert-OH is 1. The first-order valence-corrected chi connectivity index (χ1v) is 8.54. The maximum absolute atomic E-state index is 11.8. The highest BCUT2D eigenvalue weighted by Gasteiger charge is 2.16. The highest BCUT2D eigenvalue weighted by molar-refractivity contribution is 5.74. The number of hydrogen-bond donors (Lipinski definition) is 3. The fraction of sp³-hybridized carbons (Fsp3) is 0.611. The highest BCUT2D eigenvalue weighted by Crippen LogP contribution is 2.18. The number of nitrogens with one attached hydrogen (secondary N) is 2. The Bertz CT molecular complexity index is 507. The van der Waals surface area contributed by atoms with E-state index < -0.39 is 0 Å². The van der Waals surface area contributed by atoms with Gasteiger partial charge in [-0.25, -0.2) is 4.79 Å². The van der Waals surface area contributed by atoms with E-state index in [0.29, 0.717) is 6.54 Å². The Balaban J connectivity index is 1.62. The van der Waals surface area contributed by atoms with Gasteiger partial charge in [-0.3, -0.25) is 4.90 Å². The van der Waals surface area contributed by atoms with Gasteiger partial charge in [0.25, 0.3) is 0 Å². The first kappa shape index (κ1) is 17.8. The predicted molar refractivity (Wildman–Crippen MR) is 92.3 cm³/mol. The lowest BCUT2D eigenvalue weighted by atomic mass is 10.00. The molecule has 0 aromatic heterocycles. The second kappa shape index (κ2) is 8.89. The molecule has 5 nitrogen and oxygen atoms in total. The zero-order valence-corrected chi connectivity index (χ0v) is 14.2. The molecule has 0 saturated carbocycles. The van der Waals surface area contributed by atoms with Crippen LogP contribution in [0.4, 0.5) is 4.79 Å². The molecule has 5 heteroatoms. The maximum Gasteiger partial charge on any atom is 0.315 e. The number of benzene rings is 1. The van der Waals surface area contributed by atoms with Crippen LogP contribution >= 0.6 is 0 Å². The normalized spacial score (nSPS) is 17.2. The summed E-state index contributed by atoms with van der Waals surface area (Å²) < 4.78 is 0. The van der Waals surface area contributed by atoms with Gasteiger partial charge in [0, 0.05) is 38.8 Å². The predicted octanol–water partition coefficient (Wildman–Crippen LogP) is 1.75. The zero-order chi connectivity index (χ0) is 16.7. The van der Waals surface area contributed by atoms with E-state index in [0.717, 1.165) is 32.5 Å². The van der Waals surface area contributed by atoms with Crippen LogP contribution in [0.2, 0.25) is 0 Å². The molecule has 2 rings (SSSR count). The Morgan fingerprint density at radius 2 is 2.04 bits per heavy atom. The number of urea groups is 1. The second-order valence-corrected chi connectivity index (χ2v) is 6.50. The fourth-order valence-electron chi connectivity index (χ4n) is 2.81. The van der Waals surface area contributed by atoms with Crippen LogP contribution in [0.3, 0.4) is 0 Å². The third-order valence-corrected chi connectivity index (χ3v) is 4.65. The molecule has 1 aromatic carbocycles. The quantitative estimate of drug-likeness (QED) is 0.671. The van der Waals surface area contributed by atoms with Crippen LogP contribution in [-0.2, 0) is 13.0 Å². The highest BCUT2D eigenvalue weighted by atomic mass is 16.3. The van der Waals surface area contributed by atoms with Crippen LogP contribution < -0.4 is 10.6 Å². The van der Waals surface area contributed by atoms with Crippen molar-refractivity contribution in [2.75, 3.05) is 26.2 Å². The number of nitrogens with zero attached hydrogens (tertiary/aromatic N) is 1. The van der Waals surface area contributed by atoms with Gasteiger partial charge in [0.2, 0.25) is 0 Å². The summed E-state index contributed by atoms with van der Waals surface area (Å²) in [6.45, 7) is 7.67. The van der Waals surface area contributed by atoms with Gasteiger partial charge >= 0.3 is 6.03 Å². The molecule has 0 aliphatic carbocycles.